The average molecular weight is 305 g/mol. The van der Waals surface area contributed by atoms with Gasteiger partial charge in [-0.3, -0.25) is 0 Å². The Morgan fingerprint density at radius 1 is 1.04 bits per heavy atom. The topological polar surface area (TPSA) is 50.9 Å². The van der Waals surface area contributed by atoms with Gasteiger partial charge in [0.25, 0.3) is 0 Å². The van der Waals surface area contributed by atoms with Crippen LogP contribution < -0.4 is 0 Å². The van der Waals surface area contributed by atoms with Crippen molar-refractivity contribution in [3.8, 4) is 5.69 Å². The standard InChI is InChI=1S/C19H19N3O/c1-14-8-9-15(2)19(12-14)22-18(17(13-23)20-21-22)11-10-16-6-4-3-5-7-16/h3-12,23H,13H2,1-2H3/b11-10+. The molecule has 4 heteroatoms. The minimum Gasteiger partial charge on any atom is -0.390 e. The van der Waals surface area contributed by atoms with Crippen molar-refractivity contribution >= 4 is 12.2 Å². The van der Waals surface area contributed by atoms with E-state index in [4.69, 9.17) is 0 Å². The number of aliphatic hydroxyl groups excluding tert-OH is 1. The Labute approximate surface area is 135 Å². The summed E-state index contributed by atoms with van der Waals surface area (Å²) in [5, 5.41) is 17.9. The highest BCUT2D eigenvalue weighted by atomic mass is 16.3. The summed E-state index contributed by atoms with van der Waals surface area (Å²) in [7, 11) is 0. The molecule has 0 aliphatic rings. The lowest BCUT2D eigenvalue weighted by Crippen LogP contribution is -2.02. The zero-order valence-corrected chi connectivity index (χ0v) is 13.3. The highest BCUT2D eigenvalue weighted by Gasteiger charge is 2.13. The minimum absolute atomic E-state index is 0.140. The third kappa shape index (κ3) is 3.22. The molecule has 3 aromatic rings. The van der Waals surface area contributed by atoms with Crippen LogP contribution in [0.1, 0.15) is 28.1 Å². The summed E-state index contributed by atoms with van der Waals surface area (Å²) in [4.78, 5) is 0. The molecule has 0 fully saturated rings. The van der Waals surface area contributed by atoms with Crippen LogP contribution in [0, 0.1) is 13.8 Å². The first-order valence-corrected chi connectivity index (χ1v) is 7.55. The Morgan fingerprint density at radius 2 is 1.83 bits per heavy atom. The van der Waals surface area contributed by atoms with Gasteiger partial charge < -0.3 is 5.11 Å². The van der Waals surface area contributed by atoms with E-state index in [1.165, 1.54) is 0 Å². The molecular formula is C19H19N3O. The highest BCUT2D eigenvalue weighted by molar-refractivity contribution is 5.70. The van der Waals surface area contributed by atoms with Gasteiger partial charge in [-0.1, -0.05) is 53.8 Å². The van der Waals surface area contributed by atoms with E-state index in [1.807, 2.05) is 56.3 Å². The molecule has 2 aromatic carbocycles. The molecule has 0 unspecified atom stereocenters. The normalized spacial score (nSPS) is 11.3. The maximum Gasteiger partial charge on any atom is 0.116 e. The van der Waals surface area contributed by atoms with Crippen LogP contribution in [0.15, 0.2) is 48.5 Å². The molecule has 0 saturated carbocycles. The van der Waals surface area contributed by atoms with Crippen LogP contribution in [0.4, 0.5) is 0 Å². The molecule has 0 spiro atoms. The predicted molar refractivity (Wildman–Crippen MR) is 92.1 cm³/mol. The Bertz CT molecular complexity index is 835. The predicted octanol–water partition coefficient (Wildman–Crippen LogP) is 3.55. The van der Waals surface area contributed by atoms with E-state index in [0.717, 1.165) is 28.1 Å². The summed E-state index contributed by atoms with van der Waals surface area (Å²) in [5.74, 6) is 0. The van der Waals surface area contributed by atoms with Gasteiger partial charge in [-0.2, -0.15) is 0 Å². The van der Waals surface area contributed by atoms with Crippen LogP contribution in [-0.4, -0.2) is 20.1 Å². The molecule has 0 radical (unpaired) electrons. The second-order valence-corrected chi connectivity index (χ2v) is 5.53. The number of hydrogen-bond donors (Lipinski definition) is 1. The molecular weight excluding hydrogens is 286 g/mol. The number of benzene rings is 2. The lowest BCUT2D eigenvalue weighted by atomic mass is 10.1. The Hall–Kier alpha value is -2.72. The Balaban J connectivity index is 2.07. The van der Waals surface area contributed by atoms with Crippen LogP contribution >= 0.6 is 0 Å². The van der Waals surface area contributed by atoms with Crippen molar-refractivity contribution in [3.63, 3.8) is 0 Å². The molecule has 1 heterocycles. The fourth-order valence-electron chi connectivity index (χ4n) is 2.46. The number of rotatable bonds is 4. The minimum atomic E-state index is -0.140. The molecule has 0 amide bonds. The number of aliphatic hydroxyl groups is 1. The quantitative estimate of drug-likeness (QED) is 0.802. The van der Waals surface area contributed by atoms with Gasteiger partial charge in [-0.25, -0.2) is 4.68 Å². The van der Waals surface area contributed by atoms with Crippen molar-refractivity contribution in [1.82, 2.24) is 15.0 Å². The zero-order chi connectivity index (χ0) is 16.2. The van der Waals surface area contributed by atoms with Crippen LogP contribution in [0.2, 0.25) is 0 Å². The monoisotopic (exact) mass is 305 g/mol. The molecule has 1 aromatic heterocycles. The van der Waals surface area contributed by atoms with Gasteiger partial charge >= 0.3 is 0 Å². The molecule has 23 heavy (non-hydrogen) atoms. The maximum atomic E-state index is 9.55. The number of nitrogens with zero attached hydrogens (tertiary/aromatic N) is 3. The van der Waals surface area contributed by atoms with Crippen molar-refractivity contribution in [2.24, 2.45) is 0 Å². The summed E-state index contributed by atoms with van der Waals surface area (Å²) < 4.78 is 1.79. The van der Waals surface area contributed by atoms with Gasteiger partial charge in [-0.05, 0) is 42.7 Å². The van der Waals surface area contributed by atoms with Crippen molar-refractivity contribution in [1.29, 1.82) is 0 Å². The summed E-state index contributed by atoms with van der Waals surface area (Å²) in [6, 6.07) is 16.2. The second-order valence-electron chi connectivity index (χ2n) is 5.53. The van der Waals surface area contributed by atoms with Gasteiger partial charge in [0.1, 0.15) is 5.69 Å². The summed E-state index contributed by atoms with van der Waals surface area (Å²) in [6.07, 6.45) is 3.95. The lowest BCUT2D eigenvalue weighted by Gasteiger charge is -2.09. The summed E-state index contributed by atoms with van der Waals surface area (Å²) in [5.41, 5.74) is 5.70. The highest BCUT2D eigenvalue weighted by Crippen LogP contribution is 2.20. The molecule has 4 nitrogen and oxygen atoms in total. The maximum absolute atomic E-state index is 9.55. The number of aryl methyl sites for hydroxylation is 2. The van der Waals surface area contributed by atoms with Gasteiger partial charge in [0.15, 0.2) is 0 Å². The lowest BCUT2D eigenvalue weighted by molar-refractivity contribution is 0.276. The Morgan fingerprint density at radius 3 is 2.57 bits per heavy atom. The van der Waals surface area contributed by atoms with Crippen LogP contribution in [0.5, 0.6) is 0 Å². The largest absolute Gasteiger partial charge is 0.390 e. The molecule has 0 atom stereocenters. The van der Waals surface area contributed by atoms with Crippen LogP contribution in [-0.2, 0) is 6.61 Å². The molecule has 0 saturated heterocycles. The van der Waals surface area contributed by atoms with Crippen LogP contribution in [0.3, 0.4) is 0 Å². The molecule has 0 aliphatic heterocycles. The zero-order valence-electron chi connectivity index (χ0n) is 13.3. The number of aromatic nitrogens is 3. The summed E-state index contributed by atoms with van der Waals surface area (Å²) >= 11 is 0. The van der Waals surface area contributed by atoms with E-state index in [9.17, 15) is 5.11 Å². The first kappa shape index (κ1) is 15.2. The molecule has 1 N–H and O–H groups in total. The summed E-state index contributed by atoms with van der Waals surface area (Å²) in [6.45, 7) is 3.95. The van der Waals surface area contributed by atoms with E-state index in [0.29, 0.717) is 5.69 Å². The smallest absolute Gasteiger partial charge is 0.116 e. The second kappa shape index (κ2) is 6.58. The average Bonchev–Trinajstić information content (AvgIpc) is 2.99. The SMILES string of the molecule is Cc1ccc(C)c(-n2nnc(CO)c2/C=C/c2ccccc2)c1. The molecule has 116 valence electrons. The third-order valence-electron chi connectivity index (χ3n) is 3.75. The fourth-order valence-corrected chi connectivity index (χ4v) is 2.46. The van der Waals surface area contributed by atoms with Crippen LogP contribution in [0.25, 0.3) is 17.8 Å². The van der Waals surface area contributed by atoms with Crippen molar-refractivity contribution in [3.05, 3.63) is 76.6 Å². The van der Waals surface area contributed by atoms with Crippen molar-refractivity contribution < 1.29 is 5.11 Å². The number of hydrogen-bond acceptors (Lipinski definition) is 3. The van der Waals surface area contributed by atoms with E-state index < -0.39 is 0 Å². The van der Waals surface area contributed by atoms with Crippen molar-refractivity contribution in [2.75, 3.05) is 0 Å². The molecule has 3 rings (SSSR count). The Kier molecular flexibility index (Phi) is 4.35. The van der Waals surface area contributed by atoms with Gasteiger partial charge in [0, 0.05) is 0 Å². The third-order valence-corrected chi connectivity index (χ3v) is 3.75. The van der Waals surface area contributed by atoms with Crippen molar-refractivity contribution in [2.45, 2.75) is 20.5 Å². The van der Waals surface area contributed by atoms with E-state index >= 15 is 0 Å². The van der Waals surface area contributed by atoms with Gasteiger partial charge in [0.05, 0.1) is 18.0 Å². The molecule has 0 bridgehead atoms. The first-order valence-electron chi connectivity index (χ1n) is 7.55. The first-order chi connectivity index (χ1) is 11.2. The van der Waals surface area contributed by atoms with E-state index in [2.05, 4.69) is 28.5 Å². The van der Waals surface area contributed by atoms with E-state index in [-0.39, 0.29) is 6.61 Å². The van der Waals surface area contributed by atoms with E-state index in [1.54, 1.807) is 4.68 Å². The van der Waals surface area contributed by atoms with Gasteiger partial charge in [0.2, 0.25) is 0 Å². The molecule has 0 aliphatic carbocycles. The fraction of sp³-hybridized carbons (Fsp3) is 0.158. The van der Waals surface area contributed by atoms with Gasteiger partial charge in [-0.15, -0.1) is 5.10 Å².